The SMILES string of the molecule is COc1cnc(C(OC)C(C)[S+](N)[O-])nc1. The summed E-state index contributed by atoms with van der Waals surface area (Å²) in [6, 6.07) is 0. The second-order valence-corrected chi connectivity index (χ2v) is 4.57. The molecule has 0 spiro atoms. The van der Waals surface area contributed by atoms with Crippen LogP contribution in [0.1, 0.15) is 18.9 Å². The van der Waals surface area contributed by atoms with E-state index in [1.165, 1.54) is 26.6 Å². The molecule has 1 aromatic rings. The summed E-state index contributed by atoms with van der Waals surface area (Å²) < 4.78 is 21.3. The number of nitrogens with zero attached hydrogens (tertiary/aromatic N) is 2. The normalized spacial score (nSPS) is 16.6. The minimum absolute atomic E-state index is 0.376. The smallest absolute Gasteiger partial charge is 0.165 e. The first-order valence-electron chi connectivity index (χ1n) is 4.63. The van der Waals surface area contributed by atoms with Crippen LogP contribution in [0.2, 0.25) is 0 Å². The molecule has 16 heavy (non-hydrogen) atoms. The van der Waals surface area contributed by atoms with E-state index in [0.717, 1.165) is 0 Å². The first-order chi connectivity index (χ1) is 7.60. The Bertz CT molecular complexity index is 320. The molecule has 0 aliphatic rings. The maximum Gasteiger partial charge on any atom is 0.165 e. The van der Waals surface area contributed by atoms with Crippen LogP contribution in [0.25, 0.3) is 0 Å². The zero-order chi connectivity index (χ0) is 12.1. The lowest BCUT2D eigenvalue weighted by atomic mass is 10.2. The topological polar surface area (TPSA) is 93.3 Å². The number of hydrogen-bond acceptors (Lipinski definition) is 6. The summed E-state index contributed by atoms with van der Waals surface area (Å²) in [7, 11) is 3.03. The van der Waals surface area contributed by atoms with Gasteiger partial charge in [0.15, 0.2) is 22.9 Å². The molecule has 1 aromatic heterocycles. The minimum atomic E-state index is -1.48. The molecule has 0 saturated heterocycles. The van der Waals surface area contributed by atoms with Crippen LogP contribution in [0.15, 0.2) is 12.4 Å². The number of ether oxygens (including phenoxy) is 2. The maximum atomic E-state index is 11.2. The molecule has 0 aliphatic carbocycles. The van der Waals surface area contributed by atoms with Crippen LogP contribution in [0.5, 0.6) is 5.75 Å². The second kappa shape index (κ2) is 6.00. The predicted octanol–water partition coefficient (Wildman–Crippen LogP) is 0.184. The van der Waals surface area contributed by atoms with Gasteiger partial charge in [-0.2, -0.15) is 5.14 Å². The molecule has 2 N–H and O–H groups in total. The third-order valence-corrected chi connectivity index (χ3v) is 3.17. The van der Waals surface area contributed by atoms with Gasteiger partial charge in [-0.15, -0.1) is 0 Å². The largest absolute Gasteiger partial charge is 0.598 e. The van der Waals surface area contributed by atoms with Gasteiger partial charge in [0, 0.05) is 18.5 Å². The molecule has 3 unspecified atom stereocenters. The number of methoxy groups -OCH3 is 2. The van der Waals surface area contributed by atoms with Crippen molar-refractivity contribution in [1.29, 1.82) is 0 Å². The van der Waals surface area contributed by atoms with E-state index in [9.17, 15) is 4.55 Å². The number of rotatable bonds is 5. The number of hydrogen-bond donors (Lipinski definition) is 1. The fourth-order valence-electron chi connectivity index (χ4n) is 1.21. The Morgan fingerprint density at radius 2 is 1.94 bits per heavy atom. The molecule has 90 valence electrons. The molecule has 0 bridgehead atoms. The fraction of sp³-hybridized carbons (Fsp3) is 0.556. The number of nitrogens with two attached hydrogens (primary N) is 1. The van der Waals surface area contributed by atoms with Gasteiger partial charge >= 0.3 is 0 Å². The number of aromatic nitrogens is 2. The van der Waals surface area contributed by atoms with E-state index in [0.29, 0.717) is 11.6 Å². The monoisotopic (exact) mass is 245 g/mol. The van der Waals surface area contributed by atoms with Crippen molar-refractivity contribution in [2.75, 3.05) is 14.2 Å². The summed E-state index contributed by atoms with van der Waals surface area (Å²) in [6.07, 6.45) is 2.57. The molecular formula is C9H15N3O3S. The lowest BCUT2D eigenvalue weighted by molar-refractivity contribution is 0.0947. The van der Waals surface area contributed by atoms with E-state index in [1.807, 2.05) is 0 Å². The van der Waals surface area contributed by atoms with E-state index in [1.54, 1.807) is 6.92 Å². The Morgan fingerprint density at radius 3 is 2.31 bits per heavy atom. The first-order valence-corrected chi connectivity index (χ1v) is 5.91. The molecule has 1 rings (SSSR count). The Morgan fingerprint density at radius 1 is 1.38 bits per heavy atom. The van der Waals surface area contributed by atoms with Crippen molar-refractivity contribution in [1.82, 2.24) is 9.97 Å². The van der Waals surface area contributed by atoms with E-state index in [4.69, 9.17) is 14.6 Å². The zero-order valence-corrected chi connectivity index (χ0v) is 10.2. The molecule has 0 amide bonds. The van der Waals surface area contributed by atoms with Gasteiger partial charge in [0.05, 0.1) is 19.5 Å². The van der Waals surface area contributed by atoms with E-state index in [2.05, 4.69) is 9.97 Å². The van der Waals surface area contributed by atoms with Crippen LogP contribution in [0.3, 0.4) is 0 Å². The Labute approximate surface area is 97.5 Å². The van der Waals surface area contributed by atoms with Crippen LogP contribution in [-0.4, -0.2) is 34.0 Å². The molecule has 6 nitrogen and oxygen atoms in total. The van der Waals surface area contributed by atoms with Crippen molar-refractivity contribution >= 4 is 11.4 Å². The summed E-state index contributed by atoms with van der Waals surface area (Å²) in [4.78, 5) is 8.15. The van der Waals surface area contributed by atoms with Crippen molar-refractivity contribution in [2.45, 2.75) is 18.3 Å². The summed E-state index contributed by atoms with van der Waals surface area (Å²) in [5, 5.41) is 4.94. The average molecular weight is 245 g/mol. The quantitative estimate of drug-likeness (QED) is 0.744. The van der Waals surface area contributed by atoms with Crippen molar-refractivity contribution < 1.29 is 14.0 Å². The van der Waals surface area contributed by atoms with Crippen LogP contribution in [0, 0.1) is 0 Å². The fourth-order valence-corrected chi connectivity index (χ4v) is 1.68. The van der Waals surface area contributed by atoms with E-state index < -0.39 is 17.5 Å². The van der Waals surface area contributed by atoms with Crippen LogP contribution in [-0.2, 0) is 16.1 Å². The summed E-state index contributed by atoms with van der Waals surface area (Å²) >= 11 is -1.48. The van der Waals surface area contributed by atoms with Crippen molar-refractivity contribution in [2.24, 2.45) is 5.14 Å². The molecular weight excluding hydrogens is 230 g/mol. The standard InChI is InChI=1S/C9H15N3O3S/c1-6(16(10)13)8(15-3)9-11-4-7(14-2)5-12-9/h4-6,8H,10H2,1-3H3. The molecule has 7 heteroatoms. The lowest BCUT2D eigenvalue weighted by Crippen LogP contribution is -2.33. The molecule has 0 aliphatic heterocycles. The van der Waals surface area contributed by atoms with Gasteiger partial charge in [-0.25, -0.2) is 9.97 Å². The summed E-state index contributed by atoms with van der Waals surface area (Å²) in [6.45, 7) is 1.72. The molecule has 0 fully saturated rings. The van der Waals surface area contributed by atoms with Crippen molar-refractivity contribution in [3.05, 3.63) is 18.2 Å². The molecule has 0 aromatic carbocycles. The molecule has 1 heterocycles. The third-order valence-electron chi connectivity index (χ3n) is 2.19. The van der Waals surface area contributed by atoms with Crippen molar-refractivity contribution in [3.63, 3.8) is 0 Å². The first kappa shape index (κ1) is 13.2. The zero-order valence-electron chi connectivity index (χ0n) is 9.41. The van der Waals surface area contributed by atoms with Crippen LogP contribution < -0.4 is 9.88 Å². The Hall–Kier alpha value is -0.890. The van der Waals surface area contributed by atoms with Gasteiger partial charge in [0.1, 0.15) is 0 Å². The summed E-state index contributed by atoms with van der Waals surface area (Å²) in [5.74, 6) is 0.995. The van der Waals surface area contributed by atoms with Gasteiger partial charge in [0.25, 0.3) is 0 Å². The second-order valence-electron chi connectivity index (χ2n) is 3.17. The van der Waals surface area contributed by atoms with Gasteiger partial charge < -0.3 is 14.0 Å². The van der Waals surface area contributed by atoms with Gasteiger partial charge in [-0.05, 0) is 6.92 Å². The third kappa shape index (κ3) is 3.05. The average Bonchev–Trinajstić information content (AvgIpc) is 2.30. The van der Waals surface area contributed by atoms with Crippen LogP contribution in [0.4, 0.5) is 0 Å². The highest BCUT2D eigenvalue weighted by Gasteiger charge is 2.29. The highest BCUT2D eigenvalue weighted by molar-refractivity contribution is 7.89. The summed E-state index contributed by atoms with van der Waals surface area (Å²) in [5.41, 5.74) is 0. The predicted molar refractivity (Wildman–Crippen MR) is 60.1 cm³/mol. The lowest BCUT2D eigenvalue weighted by Gasteiger charge is -2.20. The van der Waals surface area contributed by atoms with Crippen molar-refractivity contribution in [3.8, 4) is 5.75 Å². The maximum absolute atomic E-state index is 11.2. The highest BCUT2D eigenvalue weighted by atomic mass is 32.2. The van der Waals surface area contributed by atoms with Gasteiger partial charge in [-0.3, -0.25) is 0 Å². The molecule has 0 radical (unpaired) electrons. The minimum Gasteiger partial charge on any atom is -0.598 e. The molecule has 3 atom stereocenters. The van der Waals surface area contributed by atoms with Gasteiger partial charge in [-0.1, -0.05) is 0 Å². The van der Waals surface area contributed by atoms with E-state index in [-0.39, 0.29) is 5.25 Å². The van der Waals surface area contributed by atoms with Crippen LogP contribution >= 0.6 is 0 Å². The van der Waals surface area contributed by atoms with Gasteiger partial charge in [0.2, 0.25) is 0 Å². The molecule has 0 saturated carbocycles. The highest BCUT2D eigenvalue weighted by Crippen LogP contribution is 2.21. The van der Waals surface area contributed by atoms with E-state index >= 15 is 0 Å². The Balaban J connectivity index is 2.86. The Kier molecular flexibility index (Phi) is 4.94.